The number of rotatable bonds is 3. The van der Waals surface area contributed by atoms with Gasteiger partial charge in [-0.1, -0.05) is 5.16 Å². The summed E-state index contributed by atoms with van der Waals surface area (Å²) in [5, 5.41) is 2.84. The van der Waals surface area contributed by atoms with Crippen LogP contribution < -0.4 is 0 Å². The van der Waals surface area contributed by atoms with Crippen LogP contribution in [-0.2, 0) is 9.84 Å². The first-order chi connectivity index (χ1) is 7.88. The summed E-state index contributed by atoms with van der Waals surface area (Å²) in [6.45, 7) is 1.49. The van der Waals surface area contributed by atoms with Crippen LogP contribution in [-0.4, -0.2) is 24.8 Å². The number of hydrogen-bond donors (Lipinski definition) is 0. The fourth-order valence-corrected chi connectivity index (χ4v) is 1.89. The molecule has 0 saturated heterocycles. The van der Waals surface area contributed by atoms with E-state index in [1.165, 1.54) is 6.92 Å². The van der Waals surface area contributed by atoms with Crippen LogP contribution in [0.25, 0.3) is 11.6 Å². The summed E-state index contributed by atoms with van der Waals surface area (Å²) in [6.07, 6.45) is 1.12. The molecule has 0 radical (unpaired) electrons. The second kappa shape index (κ2) is 4.26. The van der Waals surface area contributed by atoms with Crippen LogP contribution in [0.5, 0.6) is 0 Å². The van der Waals surface area contributed by atoms with Gasteiger partial charge in [-0.15, -0.1) is 0 Å². The van der Waals surface area contributed by atoms with Gasteiger partial charge in [0.2, 0.25) is 11.7 Å². The molecule has 2 rings (SSSR count). The van der Waals surface area contributed by atoms with Gasteiger partial charge in [-0.25, -0.2) is 8.42 Å². The summed E-state index contributed by atoms with van der Waals surface area (Å²) in [6, 6.07) is 3.34. The lowest BCUT2D eigenvalue weighted by molar-refractivity contribution is 0.376. The zero-order valence-electron chi connectivity index (χ0n) is 9.05. The molecular formula is C9H9BrN2O4S. The van der Waals surface area contributed by atoms with Crippen molar-refractivity contribution < 1.29 is 17.4 Å². The van der Waals surface area contributed by atoms with Gasteiger partial charge in [-0.2, -0.15) is 4.98 Å². The van der Waals surface area contributed by atoms with E-state index in [0.29, 0.717) is 10.4 Å². The van der Waals surface area contributed by atoms with Crippen molar-refractivity contribution >= 4 is 25.8 Å². The fourth-order valence-electron chi connectivity index (χ4n) is 1.12. The Hall–Kier alpha value is -1.15. The Balaban J connectivity index is 2.34. The van der Waals surface area contributed by atoms with E-state index in [1.807, 2.05) is 0 Å². The van der Waals surface area contributed by atoms with Crippen LogP contribution in [0.3, 0.4) is 0 Å². The molecule has 2 aromatic heterocycles. The van der Waals surface area contributed by atoms with Crippen LogP contribution in [0, 0.1) is 0 Å². The third-order valence-electron chi connectivity index (χ3n) is 2.23. The quantitative estimate of drug-likeness (QED) is 0.861. The maximum Gasteiger partial charge on any atom is 0.245 e. The van der Waals surface area contributed by atoms with Gasteiger partial charge in [0.15, 0.2) is 20.3 Å². The molecule has 0 aliphatic carbocycles. The van der Waals surface area contributed by atoms with Gasteiger partial charge in [0.25, 0.3) is 0 Å². The number of hydrogen-bond acceptors (Lipinski definition) is 6. The predicted molar refractivity (Wildman–Crippen MR) is 63.0 cm³/mol. The summed E-state index contributed by atoms with van der Waals surface area (Å²) in [7, 11) is -3.26. The number of furan rings is 1. The van der Waals surface area contributed by atoms with E-state index < -0.39 is 15.1 Å². The lowest BCUT2D eigenvalue weighted by Crippen LogP contribution is -2.07. The molecule has 0 saturated carbocycles. The second-order valence-electron chi connectivity index (χ2n) is 3.53. The SMILES string of the molecule is C[C@H](c1nc(-c2ccc(Br)o2)no1)S(C)(=O)=O. The standard InChI is InChI=1S/C9H9BrN2O4S/c1-5(17(2,13)14)9-11-8(12-16-9)6-3-4-7(10)15-6/h3-5H,1-2H3/t5-/m1/s1. The monoisotopic (exact) mass is 320 g/mol. The first-order valence-corrected chi connectivity index (χ1v) is 7.41. The highest BCUT2D eigenvalue weighted by Crippen LogP contribution is 2.25. The van der Waals surface area contributed by atoms with Crippen LogP contribution in [0.1, 0.15) is 18.1 Å². The molecule has 2 heterocycles. The van der Waals surface area contributed by atoms with Crippen molar-refractivity contribution in [3.8, 4) is 11.6 Å². The number of nitrogens with zero attached hydrogens (tertiary/aromatic N) is 2. The molecule has 0 unspecified atom stereocenters. The third kappa shape index (κ3) is 2.58. The molecule has 8 heteroatoms. The van der Waals surface area contributed by atoms with Gasteiger partial charge >= 0.3 is 0 Å². The maximum atomic E-state index is 11.3. The zero-order chi connectivity index (χ0) is 12.6. The molecule has 0 spiro atoms. The van der Waals surface area contributed by atoms with Crippen molar-refractivity contribution in [2.75, 3.05) is 6.26 Å². The highest BCUT2D eigenvalue weighted by Gasteiger charge is 2.24. The van der Waals surface area contributed by atoms with Crippen molar-refractivity contribution in [1.82, 2.24) is 10.1 Å². The lowest BCUT2D eigenvalue weighted by atomic mass is 10.4. The summed E-state index contributed by atoms with van der Waals surface area (Å²) >= 11 is 3.15. The molecule has 0 aliphatic rings. The zero-order valence-corrected chi connectivity index (χ0v) is 11.4. The topological polar surface area (TPSA) is 86.2 Å². The van der Waals surface area contributed by atoms with Gasteiger partial charge in [0.1, 0.15) is 5.25 Å². The van der Waals surface area contributed by atoms with Gasteiger partial charge < -0.3 is 8.94 Å². The first kappa shape index (κ1) is 12.3. The van der Waals surface area contributed by atoms with E-state index in [2.05, 4.69) is 26.1 Å². The normalized spacial score (nSPS) is 13.8. The van der Waals surface area contributed by atoms with E-state index in [0.717, 1.165) is 6.26 Å². The second-order valence-corrected chi connectivity index (χ2v) is 6.68. The van der Waals surface area contributed by atoms with Crippen LogP contribution in [0.15, 0.2) is 25.7 Å². The summed E-state index contributed by atoms with van der Waals surface area (Å²) in [5.41, 5.74) is 0. The van der Waals surface area contributed by atoms with Crippen LogP contribution >= 0.6 is 15.9 Å². The maximum absolute atomic E-state index is 11.3. The molecule has 0 N–H and O–H groups in total. The minimum Gasteiger partial charge on any atom is -0.446 e. The number of sulfone groups is 1. The van der Waals surface area contributed by atoms with E-state index in [9.17, 15) is 8.42 Å². The van der Waals surface area contributed by atoms with Crippen molar-refractivity contribution in [2.24, 2.45) is 0 Å². The Labute approximate surface area is 106 Å². The van der Waals surface area contributed by atoms with Crippen molar-refractivity contribution in [2.45, 2.75) is 12.2 Å². The van der Waals surface area contributed by atoms with Gasteiger partial charge in [-0.3, -0.25) is 0 Å². The van der Waals surface area contributed by atoms with E-state index >= 15 is 0 Å². The molecule has 0 fully saturated rings. The number of aromatic nitrogens is 2. The van der Waals surface area contributed by atoms with Gasteiger partial charge in [0.05, 0.1) is 0 Å². The molecule has 1 atom stereocenters. The molecular weight excluding hydrogens is 312 g/mol. The summed E-state index contributed by atoms with van der Waals surface area (Å²) < 4.78 is 33.3. The Morgan fingerprint density at radius 2 is 2.12 bits per heavy atom. The Bertz CT molecular complexity index is 631. The summed E-state index contributed by atoms with van der Waals surface area (Å²) in [4.78, 5) is 3.99. The van der Waals surface area contributed by atoms with E-state index in [4.69, 9.17) is 8.94 Å². The van der Waals surface area contributed by atoms with Crippen molar-refractivity contribution in [3.63, 3.8) is 0 Å². The highest BCUT2D eigenvalue weighted by molar-refractivity contribution is 9.10. The average Bonchev–Trinajstić information content (AvgIpc) is 2.83. The van der Waals surface area contributed by atoms with Crippen molar-refractivity contribution in [3.05, 3.63) is 22.7 Å². The first-order valence-electron chi connectivity index (χ1n) is 4.66. The minimum atomic E-state index is -3.26. The molecule has 0 aromatic carbocycles. The van der Waals surface area contributed by atoms with Gasteiger partial charge in [-0.05, 0) is 35.0 Å². The number of halogens is 1. The molecule has 2 aromatic rings. The van der Waals surface area contributed by atoms with Crippen molar-refractivity contribution in [1.29, 1.82) is 0 Å². The Morgan fingerprint density at radius 1 is 1.41 bits per heavy atom. The van der Waals surface area contributed by atoms with Gasteiger partial charge in [0, 0.05) is 6.26 Å². The molecule has 17 heavy (non-hydrogen) atoms. The Morgan fingerprint density at radius 3 is 2.65 bits per heavy atom. The van der Waals surface area contributed by atoms with E-state index in [1.54, 1.807) is 12.1 Å². The largest absolute Gasteiger partial charge is 0.446 e. The molecule has 0 aliphatic heterocycles. The van der Waals surface area contributed by atoms with E-state index in [-0.39, 0.29) is 11.7 Å². The van der Waals surface area contributed by atoms with Crippen LogP contribution in [0.2, 0.25) is 0 Å². The predicted octanol–water partition coefficient (Wildman–Crippen LogP) is 2.20. The lowest BCUT2D eigenvalue weighted by Gasteiger charge is -2.01. The highest BCUT2D eigenvalue weighted by atomic mass is 79.9. The fraction of sp³-hybridized carbons (Fsp3) is 0.333. The third-order valence-corrected chi connectivity index (χ3v) is 4.14. The smallest absolute Gasteiger partial charge is 0.245 e. The van der Waals surface area contributed by atoms with Crippen LogP contribution in [0.4, 0.5) is 0 Å². The average molecular weight is 321 g/mol. The Kier molecular flexibility index (Phi) is 3.09. The molecule has 0 amide bonds. The minimum absolute atomic E-state index is 0.0509. The molecule has 92 valence electrons. The molecule has 6 nitrogen and oxygen atoms in total. The summed E-state index contributed by atoms with van der Waals surface area (Å²) in [5.74, 6) is 0.684. The molecule has 0 bridgehead atoms.